The SMILES string of the molecule is NCC(F)(F)CNC(=O)Cc1c[nH]c2ccccc12. The number of alkyl halides is 2. The molecular formula is C13H15F2N3O. The van der Waals surface area contributed by atoms with Crippen molar-refractivity contribution in [2.75, 3.05) is 13.1 Å². The van der Waals surface area contributed by atoms with Gasteiger partial charge in [-0.05, 0) is 11.6 Å². The van der Waals surface area contributed by atoms with Crippen molar-refractivity contribution in [2.24, 2.45) is 5.73 Å². The fourth-order valence-corrected chi connectivity index (χ4v) is 1.81. The third-order valence-corrected chi connectivity index (χ3v) is 2.87. The molecule has 0 radical (unpaired) electrons. The van der Waals surface area contributed by atoms with E-state index in [1.54, 1.807) is 6.20 Å². The second-order valence-corrected chi connectivity index (χ2v) is 4.37. The molecule has 1 heterocycles. The highest BCUT2D eigenvalue weighted by atomic mass is 19.3. The van der Waals surface area contributed by atoms with E-state index in [4.69, 9.17) is 5.73 Å². The van der Waals surface area contributed by atoms with Gasteiger partial charge in [0.2, 0.25) is 5.91 Å². The van der Waals surface area contributed by atoms with Crippen LogP contribution in [-0.2, 0) is 11.2 Å². The number of benzene rings is 1. The van der Waals surface area contributed by atoms with Crippen LogP contribution < -0.4 is 11.1 Å². The van der Waals surface area contributed by atoms with Gasteiger partial charge in [0, 0.05) is 17.1 Å². The fraction of sp³-hybridized carbons (Fsp3) is 0.308. The second kappa shape index (κ2) is 5.36. The van der Waals surface area contributed by atoms with Gasteiger partial charge in [-0.3, -0.25) is 4.79 Å². The molecule has 0 aliphatic rings. The predicted molar refractivity (Wildman–Crippen MR) is 69.0 cm³/mol. The highest BCUT2D eigenvalue weighted by Crippen LogP contribution is 2.18. The number of aromatic nitrogens is 1. The second-order valence-electron chi connectivity index (χ2n) is 4.37. The zero-order chi connectivity index (χ0) is 13.9. The Morgan fingerprint density at radius 1 is 1.37 bits per heavy atom. The lowest BCUT2D eigenvalue weighted by molar-refractivity contribution is -0.122. The van der Waals surface area contributed by atoms with Gasteiger partial charge in [0.05, 0.1) is 19.5 Å². The zero-order valence-electron chi connectivity index (χ0n) is 10.2. The average molecular weight is 267 g/mol. The number of nitrogens with one attached hydrogen (secondary N) is 2. The molecule has 1 amide bonds. The largest absolute Gasteiger partial charge is 0.361 e. The summed E-state index contributed by atoms with van der Waals surface area (Å²) in [5.41, 5.74) is 6.59. The number of nitrogens with two attached hydrogens (primary N) is 1. The molecule has 0 spiro atoms. The maximum Gasteiger partial charge on any atom is 0.277 e. The van der Waals surface area contributed by atoms with Crippen LogP contribution in [-0.4, -0.2) is 29.9 Å². The number of fused-ring (bicyclic) bond motifs is 1. The van der Waals surface area contributed by atoms with Gasteiger partial charge in [-0.2, -0.15) is 0 Å². The minimum absolute atomic E-state index is 0.0602. The van der Waals surface area contributed by atoms with Crippen molar-refractivity contribution in [3.63, 3.8) is 0 Å². The summed E-state index contributed by atoms with van der Waals surface area (Å²) in [6.45, 7) is -1.51. The topological polar surface area (TPSA) is 70.9 Å². The molecule has 4 N–H and O–H groups in total. The number of aromatic amines is 1. The molecule has 0 aliphatic carbocycles. The number of hydrogen-bond acceptors (Lipinski definition) is 2. The van der Waals surface area contributed by atoms with Gasteiger partial charge in [0.1, 0.15) is 0 Å². The van der Waals surface area contributed by atoms with E-state index >= 15 is 0 Å². The maximum atomic E-state index is 12.9. The average Bonchev–Trinajstić information content (AvgIpc) is 2.80. The van der Waals surface area contributed by atoms with Gasteiger partial charge in [0.15, 0.2) is 0 Å². The fourth-order valence-electron chi connectivity index (χ4n) is 1.81. The van der Waals surface area contributed by atoms with Crippen molar-refractivity contribution >= 4 is 16.8 Å². The van der Waals surface area contributed by atoms with Crippen molar-refractivity contribution in [1.29, 1.82) is 0 Å². The Labute approximate surface area is 109 Å². The monoisotopic (exact) mass is 267 g/mol. The number of amides is 1. The zero-order valence-corrected chi connectivity index (χ0v) is 10.2. The van der Waals surface area contributed by atoms with Crippen LogP contribution in [0.4, 0.5) is 8.78 Å². The van der Waals surface area contributed by atoms with Crippen molar-refractivity contribution in [3.05, 3.63) is 36.0 Å². The first-order chi connectivity index (χ1) is 9.02. The minimum atomic E-state index is -3.06. The van der Waals surface area contributed by atoms with E-state index in [0.29, 0.717) is 0 Å². The molecule has 0 atom stereocenters. The Kier molecular flexibility index (Phi) is 3.80. The number of carbonyl (C=O) groups excluding carboxylic acids is 1. The van der Waals surface area contributed by atoms with E-state index in [9.17, 15) is 13.6 Å². The Bertz CT molecular complexity index is 580. The van der Waals surface area contributed by atoms with Gasteiger partial charge < -0.3 is 16.0 Å². The molecule has 0 saturated carbocycles. The first kappa shape index (κ1) is 13.5. The quantitative estimate of drug-likeness (QED) is 0.766. The van der Waals surface area contributed by atoms with Crippen LogP contribution in [0.5, 0.6) is 0 Å². The van der Waals surface area contributed by atoms with E-state index < -0.39 is 24.9 Å². The number of halogens is 2. The molecule has 0 unspecified atom stereocenters. The van der Waals surface area contributed by atoms with Gasteiger partial charge in [0.25, 0.3) is 5.92 Å². The van der Waals surface area contributed by atoms with E-state index in [0.717, 1.165) is 16.5 Å². The van der Waals surface area contributed by atoms with Crippen LogP contribution in [0.2, 0.25) is 0 Å². The standard InChI is InChI=1S/C13H15F2N3O/c14-13(15,7-16)8-18-12(19)5-9-6-17-11-4-2-1-3-10(9)11/h1-4,6,17H,5,7-8,16H2,(H,18,19). The summed E-state index contributed by atoms with van der Waals surface area (Å²) < 4.78 is 25.8. The molecule has 4 nitrogen and oxygen atoms in total. The lowest BCUT2D eigenvalue weighted by Crippen LogP contribution is -2.42. The molecule has 1 aromatic carbocycles. The van der Waals surface area contributed by atoms with Crippen molar-refractivity contribution in [1.82, 2.24) is 10.3 Å². The summed E-state index contributed by atoms with van der Waals surface area (Å²) in [4.78, 5) is 14.6. The van der Waals surface area contributed by atoms with Crippen molar-refractivity contribution in [3.8, 4) is 0 Å². The molecule has 102 valence electrons. The Hall–Kier alpha value is -1.95. The smallest absolute Gasteiger partial charge is 0.277 e. The molecule has 2 rings (SSSR count). The van der Waals surface area contributed by atoms with E-state index in [-0.39, 0.29) is 6.42 Å². The summed E-state index contributed by atoms with van der Waals surface area (Å²) in [7, 11) is 0. The molecule has 0 fully saturated rings. The van der Waals surface area contributed by atoms with Gasteiger partial charge in [-0.25, -0.2) is 8.78 Å². The van der Waals surface area contributed by atoms with Crippen LogP contribution >= 0.6 is 0 Å². The summed E-state index contributed by atoms with van der Waals surface area (Å²) in [5, 5.41) is 3.11. The van der Waals surface area contributed by atoms with Crippen LogP contribution in [0, 0.1) is 0 Å². The molecule has 19 heavy (non-hydrogen) atoms. The number of hydrogen-bond donors (Lipinski definition) is 3. The predicted octanol–water partition coefficient (Wildman–Crippen LogP) is 1.42. The lowest BCUT2D eigenvalue weighted by Gasteiger charge is -2.14. The van der Waals surface area contributed by atoms with E-state index in [1.165, 1.54) is 0 Å². The molecule has 2 aromatic rings. The van der Waals surface area contributed by atoms with Crippen LogP contribution in [0.3, 0.4) is 0 Å². The van der Waals surface area contributed by atoms with Gasteiger partial charge >= 0.3 is 0 Å². The Morgan fingerprint density at radius 2 is 2.11 bits per heavy atom. The number of para-hydroxylation sites is 1. The Morgan fingerprint density at radius 3 is 2.84 bits per heavy atom. The number of rotatable bonds is 5. The summed E-state index contributed by atoms with van der Waals surface area (Å²) in [5.74, 6) is -3.51. The molecular weight excluding hydrogens is 252 g/mol. The lowest BCUT2D eigenvalue weighted by atomic mass is 10.1. The third-order valence-electron chi connectivity index (χ3n) is 2.87. The third kappa shape index (κ3) is 3.29. The number of H-pyrrole nitrogens is 1. The summed E-state index contributed by atoms with van der Waals surface area (Å²) in [6, 6.07) is 7.51. The van der Waals surface area contributed by atoms with Crippen molar-refractivity contribution < 1.29 is 13.6 Å². The molecule has 0 aliphatic heterocycles. The van der Waals surface area contributed by atoms with Crippen LogP contribution in [0.25, 0.3) is 10.9 Å². The summed E-state index contributed by atoms with van der Waals surface area (Å²) in [6.07, 6.45) is 1.77. The van der Waals surface area contributed by atoms with Crippen LogP contribution in [0.15, 0.2) is 30.5 Å². The Balaban J connectivity index is 1.99. The van der Waals surface area contributed by atoms with Crippen molar-refractivity contribution in [2.45, 2.75) is 12.3 Å². The highest BCUT2D eigenvalue weighted by molar-refractivity contribution is 5.88. The first-order valence-electron chi connectivity index (χ1n) is 5.91. The minimum Gasteiger partial charge on any atom is -0.361 e. The first-order valence-corrected chi connectivity index (χ1v) is 5.91. The summed E-state index contributed by atoms with van der Waals surface area (Å²) >= 11 is 0. The maximum absolute atomic E-state index is 12.9. The molecule has 0 bridgehead atoms. The van der Waals surface area contributed by atoms with E-state index in [1.807, 2.05) is 24.3 Å². The highest BCUT2D eigenvalue weighted by Gasteiger charge is 2.27. The van der Waals surface area contributed by atoms with E-state index in [2.05, 4.69) is 10.3 Å². The van der Waals surface area contributed by atoms with Gasteiger partial charge in [-0.15, -0.1) is 0 Å². The molecule has 0 saturated heterocycles. The number of carbonyl (C=O) groups is 1. The van der Waals surface area contributed by atoms with Gasteiger partial charge in [-0.1, -0.05) is 18.2 Å². The normalized spacial score (nSPS) is 11.7. The molecule has 6 heteroatoms. The van der Waals surface area contributed by atoms with Crippen LogP contribution in [0.1, 0.15) is 5.56 Å². The molecule has 1 aromatic heterocycles.